The molecule has 2 heterocycles. The van der Waals surface area contributed by atoms with Gasteiger partial charge in [0.2, 0.25) is 5.91 Å². The van der Waals surface area contributed by atoms with Gasteiger partial charge >= 0.3 is 0 Å². The second-order valence-corrected chi connectivity index (χ2v) is 8.88. The molecule has 2 aliphatic heterocycles. The number of amides is 1. The van der Waals surface area contributed by atoms with Crippen LogP contribution in [0.25, 0.3) is 0 Å². The first kappa shape index (κ1) is 22.0. The van der Waals surface area contributed by atoms with Gasteiger partial charge in [-0.1, -0.05) is 20.8 Å². The Kier molecular flexibility index (Phi) is 8.35. The van der Waals surface area contributed by atoms with E-state index in [1.54, 1.807) is 7.05 Å². The van der Waals surface area contributed by atoms with Crippen molar-refractivity contribution in [2.24, 2.45) is 16.3 Å². The zero-order chi connectivity index (χ0) is 19.9. The monoisotopic (exact) mass is 381 g/mol. The van der Waals surface area contributed by atoms with Crippen molar-refractivity contribution in [1.29, 1.82) is 0 Å². The smallest absolute Gasteiger partial charge is 0.233 e. The zero-order valence-electron chi connectivity index (χ0n) is 17.8. The average molecular weight is 382 g/mol. The minimum Gasteiger partial charge on any atom is -0.377 e. The number of ether oxygens (including phenoxy) is 1. The molecule has 0 saturated carbocycles. The number of guanidine groups is 1. The van der Waals surface area contributed by atoms with Crippen molar-refractivity contribution in [3.05, 3.63) is 0 Å². The fourth-order valence-electron chi connectivity index (χ4n) is 4.14. The molecule has 2 fully saturated rings. The fourth-order valence-corrected chi connectivity index (χ4v) is 4.14. The lowest BCUT2D eigenvalue weighted by atomic mass is 9.78. The number of likely N-dealkylation sites (N-methyl/N-ethyl adjacent to an activating group) is 1. The quantitative estimate of drug-likeness (QED) is 0.493. The Bertz CT molecular complexity index is 495. The van der Waals surface area contributed by atoms with Crippen molar-refractivity contribution in [2.45, 2.75) is 58.6 Å². The number of nitrogens with one attached hydrogen (secondary N) is 3. The van der Waals surface area contributed by atoms with Crippen LogP contribution in [0.1, 0.15) is 46.5 Å². The number of likely N-dealkylation sites (tertiary alicyclic amines) is 1. The summed E-state index contributed by atoms with van der Waals surface area (Å²) in [4.78, 5) is 18.1. The molecule has 27 heavy (non-hydrogen) atoms. The number of hydrogen-bond acceptors (Lipinski definition) is 4. The Morgan fingerprint density at radius 1 is 1.22 bits per heavy atom. The Labute approximate surface area is 164 Å². The number of nitrogens with zero attached hydrogens (tertiary/aromatic N) is 2. The number of hydrogen-bond donors (Lipinski definition) is 3. The lowest BCUT2D eigenvalue weighted by Crippen LogP contribution is -2.52. The van der Waals surface area contributed by atoms with Crippen molar-refractivity contribution < 1.29 is 9.53 Å². The maximum Gasteiger partial charge on any atom is 0.233 e. The first-order chi connectivity index (χ1) is 12.8. The molecule has 7 nitrogen and oxygen atoms in total. The van der Waals surface area contributed by atoms with Crippen LogP contribution in [0, 0.1) is 11.3 Å². The van der Waals surface area contributed by atoms with Gasteiger partial charge in [0.25, 0.3) is 0 Å². The highest BCUT2D eigenvalue weighted by Crippen LogP contribution is 2.33. The molecule has 0 bridgehead atoms. The van der Waals surface area contributed by atoms with Gasteiger partial charge in [0.1, 0.15) is 0 Å². The maximum absolute atomic E-state index is 11.5. The molecular weight excluding hydrogens is 342 g/mol. The predicted molar refractivity (Wildman–Crippen MR) is 110 cm³/mol. The fraction of sp³-hybridized carbons (Fsp3) is 0.900. The Morgan fingerprint density at radius 2 is 1.93 bits per heavy atom. The van der Waals surface area contributed by atoms with Crippen LogP contribution in [0.4, 0.5) is 0 Å². The van der Waals surface area contributed by atoms with E-state index in [2.05, 4.69) is 46.6 Å². The molecule has 2 rings (SSSR count). The molecule has 0 aromatic carbocycles. The van der Waals surface area contributed by atoms with E-state index in [0.717, 1.165) is 51.5 Å². The van der Waals surface area contributed by atoms with Gasteiger partial charge in [-0.2, -0.15) is 0 Å². The molecule has 0 spiro atoms. The maximum atomic E-state index is 11.5. The third-order valence-corrected chi connectivity index (χ3v) is 5.63. The van der Waals surface area contributed by atoms with Crippen LogP contribution >= 0.6 is 0 Å². The lowest BCUT2D eigenvalue weighted by Gasteiger charge is -2.40. The highest BCUT2D eigenvalue weighted by atomic mass is 16.5. The van der Waals surface area contributed by atoms with E-state index in [1.807, 2.05) is 7.05 Å². The Morgan fingerprint density at radius 3 is 2.52 bits per heavy atom. The summed E-state index contributed by atoms with van der Waals surface area (Å²) >= 11 is 0. The van der Waals surface area contributed by atoms with Crippen molar-refractivity contribution in [3.8, 4) is 0 Å². The van der Waals surface area contributed by atoms with E-state index < -0.39 is 0 Å². The summed E-state index contributed by atoms with van der Waals surface area (Å²) in [5, 5.41) is 9.77. The molecule has 2 aliphatic rings. The predicted octanol–water partition coefficient (Wildman–Crippen LogP) is 1.20. The number of carbonyl (C=O) groups is 1. The Balaban J connectivity index is 1.77. The molecule has 2 saturated heterocycles. The van der Waals surface area contributed by atoms with E-state index in [4.69, 9.17) is 4.74 Å². The summed E-state index contributed by atoms with van der Waals surface area (Å²) in [6.07, 6.45) is 4.66. The highest BCUT2D eigenvalue weighted by molar-refractivity contribution is 5.80. The highest BCUT2D eigenvalue weighted by Gasteiger charge is 2.35. The molecule has 1 amide bonds. The lowest BCUT2D eigenvalue weighted by molar-refractivity contribution is -0.122. The van der Waals surface area contributed by atoms with Gasteiger partial charge in [0.15, 0.2) is 5.96 Å². The first-order valence-electron chi connectivity index (χ1n) is 10.3. The van der Waals surface area contributed by atoms with Crippen molar-refractivity contribution in [1.82, 2.24) is 20.9 Å². The van der Waals surface area contributed by atoms with Crippen LogP contribution in [-0.4, -0.2) is 75.8 Å². The summed E-state index contributed by atoms with van der Waals surface area (Å²) in [6.45, 7) is 10.9. The minimum atomic E-state index is 0.0852. The molecule has 7 heteroatoms. The first-order valence-corrected chi connectivity index (χ1v) is 10.3. The van der Waals surface area contributed by atoms with Gasteiger partial charge in [0, 0.05) is 52.3 Å². The summed E-state index contributed by atoms with van der Waals surface area (Å²) in [7, 11) is 3.52. The van der Waals surface area contributed by atoms with Gasteiger partial charge in [-0.05, 0) is 31.1 Å². The SMILES string of the molecule is CN=C(NCC1CCCOC1C(C)(C)C)NC1CCN(CC(=O)NC)CC1. The summed E-state index contributed by atoms with van der Waals surface area (Å²) in [6, 6.07) is 0.401. The normalized spacial score (nSPS) is 25.9. The molecule has 0 radical (unpaired) electrons. The van der Waals surface area contributed by atoms with Gasteiger partial charge in [-0.3, -0.25) is 14.7 Å². The van der Waals surface area contributed by atoms with Gasteiger partial charge in [0.05, 0.1) is 12.6 Å². The van der Waals surface area contributed by atoms with E-state index >= 15 is 0 Å². The number of rotatable bonds is 5. The Hall–Kier alpha value is -1.34. The van der Waals surface area contributed by atoms with Gasteiger partial charge in [-0.15, -0.1) is 0 Å². The molecule has 2 atom stereocenters. The van der Waals surface area contributed by atoms with Crippen molar-refractivity contribution >= 4 is 11.9 Å². The third kappa shape index (κ3) is 6.96. The number of carbonyl (C=O) groups excluding carboxylic acids is 1. The van der Waals surface area contributed by atoms with Crippen molar-refractivity contribution in [3.63, 3.8) is 0 Å². The molecule has 0 aromatic rings. The number of piperidine rings is 1. The molecule has 3 N–H and O–H groups in total. The molecule has 2 unspecified atom stereocenters. The molecular formula is C20H39N5O2. The van der Waals surface area contributed by atoms with Crippen molar-refractivity contribution in [2.75, 3.05) is 46.9 Å². The second kappa shape index (κ2) is 10.3. The van der Waals surface area contributed by atoms with E-state index in [0.29, 0.717) is 18.5 Å². The standard InChI is InChI=1S/C20H39N5O2/c1-20(2,3)18-15(7-6-12-27-18)13-23-19(22-5)24-16-8-10-25(11-9-16)14-17(26)21-4/h15-16,18H,6-14H2,1-5H3,(H,21,26)(H2,22,23,24). The summed E-state index contributed by atoms with van der Waals surface area (Å²) in [5.74, 6) is 1.46. The van der Waals surface area contributed by atoms with Crippen LogP contribution < -0.4 is 16.0 Å². The number of aliphatic imine (C=N–C) groups is 1. The van der Waals surface area contributed by atoms with Crippen LogP contribution in [-0.2, 0) is 9.53 Å². The third-order valence-electron chi connectivity index (χ3n) is 5.63. The molecule has 0 aromatic heterocycles. The minimum absolute atomic E-state index is 0.0852. The van der Waals surface area contributed by atoms with Crippen LogP contribution in [0.2, 0.25) is 0 Å². The van der Waals surface area contributed by atoms with E-state index in [9.17, 15) is 4.79 Å². The van der Waals surface area contributed by atoms with Crippen LogP contribution in [0.5, 0.6) is 0 Å². The summed E-state index contributed by atoms with van der Waals surface area (Å²) in [5.41, 5.74) is 0.154. The van der Waals surface area contributed by atoms with E-state index in [-0.39, 0.29) is 17.4 Å². The second-order valence-electron chi connectivity index (χ2n) is 8.88. The van der Waals surface area contributed by atoms with Gasteiger partial charge in [-0.25, -0.2) is 0 Å². The molecule has 156 valence electrons. The summed E-state index contributed by atoms with van der Waals surface area (Å²) < 4.78 is 6.09. The largest absolute Gasteiger partial charge is 0.377 e. The van der Waals surface area contributed by atoms with Crippen LogP contribution in [0.15, 0.2) is 4.99 Å². The average Bonchev–Trinajstić information content (AvgIpc) is 2.65. The van der Waals surface area contributed by atoms with Gasteiger partial charge < -0.3 is 20.7 Å². The topological polar surface area (TPSA) is 78.0 Å². The zero-order valence-corrected chi connectivity index (χ0v) is 17.8. The van der Waals surface area contributed by atoms with Crippen LogP contribution in [0.3, 0.4) is 0 Å². The van der Waals surface area contributed by atoms with E-state index in [1.165, 1.54) is 6.42 Å². The molecule has 0 aliphatic carbocycles.